The molecule has 1 aliphatic heterocycles. The van der Waals surface area contributed by atoms with E-state index in [0.717, 1.165) is 48.7 Å². The second-order valence-electron chi connectivity index (χ2n) is 7.99. The van der Waals surface area contributed by atoms with Crippen molar-refractivity contribution >= 4 is 28.8 Å². The van der Waals surface area contributed by atoms with E-state index >= 15 is 0 Å². The minimum absolute atomic E-state index is 0.0828. The topological polar surface area (TPSA) is 90.7 Å². The summed E-state index contributed by atoms with van der Waals surface area (Å²) in [4.78, 5) is 16.0. The Kier molecular flexibility index (Phi) is 5.16. The van der Waals surface area contributed by atoms with Crippen LogP contribution in [0.15, 0.2) is 42.5 Å². The van der Waals surface area contributed by atoms with Crippen LogP contribution in [-0.2, 0) is 0 Å². The lowest BCUT2D eigenvalue weighted by molar-refractivity contribution is 0.104. The van der Waals surface area contributed by atoms with E-state index < -0.39 is 0 Å². The number of anilines is 1. The zero-order valence-corrected chi connectivity index (χ0v) is 18.8. The molecule has 2 aliphatic rings. The molecule has 0 atom stereocenters. The number of hydrogen-bond acceptors (Lipinski definition) is 6. The van der Waals surface area contributed by atoms with Crippen molar-refractivity contribution in [2.45, 2.75) is 0 Å². The third-order valence-corrected chi connectivity index (χ3v) is 6.27. The van der Waals surface area contributed by atoms with E-state index in [-0.39, 0.29) is 10.9 Å². The van der Waals surface area contributed by atoms with Gasteiger partial charge in [0.1, 0.15) is 11.4 Å². The number of nitrogens with zero attached hydrogens (tertiary/aromatic N) is 4. The number of fused-ring (bicyclic) bond motifs is 3. The summed E-state index contributed by atoms with van der Waals surface area (Å²) in [5.74, 6) is 0.664. The van der Waals surface area contributed by atoms with Crippen molar-refractivity contribution in [3.05, 3.63) is 53.6 Å². The van der Waals surface area contributed by atoms with Crippen LogP contribution < -0.4 is 15.5 Å². The number of carbonyl (C=O) groups excluding carboxylic acids is 1. The Hall–Kier alpha value is -3.27. The Morgan fingerprint density at radius 2 is 1.84 bits per heavy atom. The van der Waals surface area contributed by atoms with Crippen LogP contribution in [-0.4, -0.2) is 71.3 Å². The fourth-order valence-corrected chi connectivity index (χ4v) is 4.62. The highest BCUT2D eigenvalue weighted by Crippen LogP contribution is 2.44. The normalized spacial score (nSPS) is 16.0. The summed E-state index contributed by atoms with van der Waals surface area (Å²) in [6.45, 7) is 3.34. The summed E-state index contributed by atoms with van der Waals surface area (Å²) < 4.78 is 5.25. The minimum Gasteiger partial charge on any atom is -0.497 e. The lowest BCUT2D eigenvalue weighted by Crippen LogP contribution is -2.56. The zero-order valence-electron chi connectivity index (χ0n) is 18.0. The molecule has 1 aromatic heterocycles. The second-order valence-corrected chi connectivity index (χ2v) is 8.40. The van der Waals surface area contributed by atoms with Gasteiger partial charge in [0.2, 0.25) is 0 Å². The maximum atomic E-state index is 13.7. The predicted octanol–water partition coefficient (Wildman–Crippen LogP) is 2.51. The van der Waals surface area contributed by atoms with Gasteiger partial charge in [-0.3, -0.25) is 9.89 Å². The summed E-state index contributed by atoms with van der Waals surface area (Å²) in [6.07, 6.45) is 0. The molecule has 1 aliphatic carbocycles. The van der Waals surface area contributed by atoms with Crippen LogP contribution in [0.2, 0.25) is 0 Å². The Morgan fingerprint density at radius 1 is 1.12 bits per heavy atom. The molecule has 5 rings (SSSR count). The van der Waals surface area contributed by atoms with Crippen LogP contribution in [0.3, 0.4) is 0 Å². The molecule has 2 aromatic carbocycles. The third kappa shape index (κ3) is 3.26. The molecule has 3 N–H and O–H groups in total. The third-order valence-electron chi connectivity index (χ3n) is 6.10. The van der Waals surface area contributed by atoms with Crippen molar-refractivity contribution < 1.29 is 9.53 Å². The van der Waals surface area contributed by atoms with Gasteiger partial charge < -0.3 is 15.4 Å². The molecule has 0 saturated carbocycles. The molecule has 9 heteroatoms. The first-order valence-corrected chi connectivity index (χ1v) is 10.8. The fourth-order valence-electron chi connectivity index (χ4n) is 4.41. The lowest BCUT2D eigenvalue weighted by atomic mass is 10.0. The standard InChI is InChI=1S/C23H24N6O2S/c1-27-10-12-28(13-11-27)29(23(24)32)17-5-3-4-16-18(17)22(30)19-20(25-26-21(16)19)14-6-8-15(31-2)9-7-14/h3-9H,10-13H2,1-2H3,(H2,24,32)(H,25,26). The molecular formula is C23H24N6O2S. The van der Waals surface area contributed by atoms with Crippen molar-refractivity contribution in [3.8, 4) is 28.3 Å². The summed E-state index contributed by atoms with van der Waals surface area (Å²) in [6, 6.07) is 13.3. The van der Waals surface area contributed by atoms with Crippen molar-refractivity contribution in [1.82, 2.24) is 20.1 Å². The van der Waals surface area contributed by atoms with E-state index in [1.54, 1.807) is 7.11 Å². The number of hydrogen-bond donors (Lipinski definition) is 2. The van der Waals surface area contributed by atoms with Crippen molar-refractivity contribution in [2.24, 2.45) is 5.73 Å². The maximum absolute atomic E-state index is 13.7. The number of H-pyrrole nitrogens is 1. The van der Waals surface area contributed by atoms with Crippen LogP contribution in [0.5, 0.6) is 5.75 Å². The number of likely N-dealkylation sites (N-methyl/N-ethyl adjacent to an activating group) is 1. The van der Waals surface area contributed by atoms with Crippen LogP contribution in [0, 0.1) is 0 Å². The molecule has 0 unspecified atom stereocenters. The number of nitrogens with one attached hydrogen (secondary N) is 1. The van der Waals surface area contributed by atoms with Crippen molar-refractivity contribution in [2.75, 3.05) is 45.3 Å². The number of ether oxygens (including phenoxy) is 1. The van der Waals surface area contributed by atoms with Gasteiger partial charge in [0, 0.05) is 37.3 Å². The van der Waals surface area contributed by atoms with E-state index in [1.807, 2.05) is 47.5 Å². The second kappa shape index (κ2) is 8.01. The molecule has 0 amide bonds. The summed E-state index contributed by atoms with van der Waals surface area (Å²) >= 11 is 5.42. The van der Waals surface area contributed by atoms with Crippen molar-refractivity contribution in [3.63, 3.8) is 0 Å². The van der Waals surface area contributed by atoms with E-state index in [1.165, 1.54) is 0 Å². The predicted molar refractivity (Wildman–Crippen MR) is 128 cm³/mol. The largest absolute Gasteiger partial charge is 0.497 e. The summed E-state index contributed by atoms with van der Waals surface area (Å²) in [5.41, 5.74) is 11.0. The van der Waals surface area contributed by atoms with E-state index in [0.29, 0.717) is 22.5 Å². The highest BCUT2D eigenvalue weighted by atomic mass is 32.1. The quantitative estimate of drug-likeness (QED) is 0.460. The highest BCUT2D eigenvalue weighted by molar-refractivity contribution is 7.80. The Morgan fingerprint density at radius 3 is 2.50 bits per heavy atom. The van der Waals surface area contributed by atoms with Gasteiger partial charge in [-0.05, 0) is 49.6 Å². The molecule has 32 heavy (non-hydrogen) atoms. The maximum Gasteiger partial charge on any atom is 0.200 e. The van der Waals surface area contributed by atoms with Crippen molar-refractivity contribution in [1.29, 1.82) is 0 Å². The van der Waals surface area contributed by atoms with Gasteiger partial charge in [0.05, 0.1) is 29.6 Å². The molecule has 0 bridgehead atoms. The number of piperazine rings is 1. The number of carbonyl (C=O) groups is 1. The van der Waals surface area contributed by atoms with E-state index in [2.05, 4.69) is 27.2 Å². The molecule has 164 valence electrons. The van der Waals surface area contributed by atoms with Crippen LogP contribution in [0.4, 0.5) is 5.69 Å². The highest BCUT2D eigenvalue weighted by Gasteiger charge is 2.37. The Bertz CT molecular complexity index is 1200. The van der Waals surface area contributed by atoms with E-state index in [9.17, 15) is 4.79 Å². The number of hydrazine groups is 1. The number of ketones is 1. The van der Waals surface area contributed by atoms with E-state index in [4.69, 9.17) is 22.7 Å². The van der Waals surface area contributed by atoms with Crippen LogP contribution in [0.1, 0.15) is 15.9 Å². The lowest BCUT2D eigenvalue weighted by Gasteiger charge is -2.40. The molecule has 2 heterocycles. The summed E-state index contributed by atoms with van der Waals surface area (Å²) in [5, 5.41) is 11.7. The van der Waals surface area contributed by atoms with Crippen LogP contribution >= 0.6 is 12.2 Å². The zero-order chi connectivity index (χ0) is 22.4. The average Bonchev–Trinajstić information content (AvgIpc) is 3.35. The molecule has 0 radical (unpaired) electrons. The number of thiocarbonyl (C=S) groups is 1. The monoisotopic (exact) mass is 448 g/mol. The molecule has 1 saturated heterocycles. The number of nitrogens with two attached hydrogens (primary N) is 1. The summed E-state index contributed by atoms with van der Waals surface area (Å²) in [7, 11) is 3.71. The average molecular weight is 449 g/mol. The number of benzene rings is 2. The van der Waals surface area contributed by atoms with Gasteiger partial charge in [-0.2, -0.15) is 5.10 Å². The first-order chi connectivity index (χ1) is 15.5. The molecular weight excluding hydrogens is 424 g/mol. The number of methoxy groups -OCH3 is 1. The first-order valence-electron chi connectivity index (χ1n) is 10.4. The number of aromatic nitrogens is 2. The minimum atomic E-state index is -0.0828. The van der Waals surface area contributed by atoms with Gasteiger partial charge in [0.15, 0.2) is 10.9 Å². The molecule has 3 aromatic rings. The Labute approximate surface area is 191 Å². The van der Waals surface area contributed by atoms with Gasteiger partial charge in [-0.15, -0.1) is 0 Å². The molecule has 8 nitrogen and oxygen atoms in total. The van der Waals surface area contributed by atoms with Gasteiger partial charge >= 0.3 is 0 Å². The molecule has 1 fully saturated rings. The molecule has 0 spiro atoms. The van der Waals surface area contributed by atoms with Gasteiger partial charge in [-0.1, -0.05) is 12.1 Å². The Balaban J connectivity index is 1.57. The number of aromatic amines is 1. The first kappa shape index (κ1) is 20.6. The van der Waals surface area contributed by atoms with Crippen LogP contribution in [0.25, 0.3) is 22.5 Å². The van der Waals surface area contributed by atoms with Gasteiger partial charge in [-0.25, -0.2) is 10.0 Å². The van der Waals surface area contributed by atoms with Gasteiger partial charge in [0.25, 0.3) is 0 Å². The number of rotatable bonds is 4. The SMILES string of the molecule is COc1ccc(-c2n[nH]c3c2C(=O)c2c-3cccc2N(C(N)=S)N2CCN(C)CC2)cc1. The smallest absolute Gasteiger partial charge is 0.200 e. The fraction of sp³-hybridized carbons (Fsp3) is 0.261.